The molecule has 8 heteroatoms. The van der Waals surface area contributed by atoms with E-state index in [9.17, 15) is 15.0 Å². The van der Waals surface area contributed by atoms with E-state index in [2.05, 4.69) is 15.3 Å². The van der Waals surface area contributed by atoms with Crippen LogP contribution >= 0.6 is 0 Å². The lowest BCUT2D eigenvalue weighted by Gasteiger charge is -2.13. The van der Waals surface area contributed by atoms with Gasteiger partial charge in [-0.25, -0.2) is 4.98 Å². The molecule has 116 valence electrons. The number of aromatic nitrogens is 2. The summed E-state index contributed by atoms with van der Waals surface area (Å²) in [7, 11) is 3.01. The fraction of sp³-hybridized carbons (Fsp3) is 0.214. The first-order chi connectivity index (χ1) is 10.6. The zero-order valence-corrected chi connectivity index (χ0v) is 12.0. The van der Waals surface area contributed by atoms with E-state index in [0.29, 0.717) is 17.1 Å². The number of methoxy groups -OCH3 is 2. The van der Waals surface area contributed by atoms with Gasteiger partial charge in [-0.3, -0.25) is 4.79 Å². The van der Waals surface area contributed by atoms with Gasteiger partial charge in [-0.05, 0) is 6.07 Å². The van der Waals surface area contributed by atoms with Gasteiger partial charge in [0.2, 0.25) is 5.75 Å². The summed E-state index contributed by atoms with van der Waals surface area (Å²) in [5.74, 6) is -0.936. The minimum Gasteiger partial charge on any atom is -0.501 e. The Morgan fingerprint density at radius 3 is 2.68 bits per heavy atom. The van der Waals surface area contributed by atoms with Gasteiger partial charge in [-0.15, -0.1) is 0 Å². The number of hydrogen-bond acceptors (Lipinski definition) is 7. The van der Waals surface area contributed by atoms with Gasteiger partial charge in [-0.1, -0.05) is 12.1 Å². The van der Waals surface area contributed by atoms with Gasteiger partial charge in [0, 0.05) is 12.1 Å². The average Bonchev–Trinajstić information content (AvgIpc) is 2.54. The quantitative estimate of drug-likeness (QED) is 0.749. The van der Waals surface area contributed by atoms with E-state index in [-0.39, 0.29) is 12.2 Å². The molecule has 0 saturated carbocycles. The zero-order chi connectivity index (χ0) is 16.1. The van der Waals surface area contributed by atoms with Crippen LogP contribution in [0.2, 0.25) is 0 Å². The van der Waals surface area contributed by atoms with Crippen molar-refractivity contribution >= 4 is 5.91 Å². The van der Waals surface area contributed by atoms with E-state index >= 15 is 0 Å². The number of amides is 1. The molecule has 0 aliphatic heterocycles. The van der Waals surface area contributed by atoms with Crippen LogP contribution in [0.5, 0.6) is 23.1 Å². The highest BCUT2D eigenvalue weighted by Gasteiger charge is 2.17. The first-order valence-electron chi connectivity index (χ1n) is 6.29. The van der Waals surface area contributed by atoms with Gasteiger partial charge >= 0.3 is 0 Å². The van der Waals surface area contributed by atoms with Crippen molar-refractivity contribution in [3.8, 4) is 23.1 Å². The maximum absolute atomic E-state index is 12.0. The van der Waals surface area contributed by atoms with Crippen molar-refractivity contribution in [1.82, 2.24) is 15.3 Å². The van der Waals surface area contributed by atoms with Crippen LogP contribution in [-0.2, 0) is 6.54 Å². The highest BCUT2D eigenvalue weighted by Crippen LogP contribution is 2.30. The van der Waals surface area contributed by atoms with E-state index in [1.807, 2.05) is 0 Å². The van der Waals surface area contributed by atoms with Gasteiger partial charge in [0.1, 0.15) is 6.33 Å². The average molecular weight is 305 g/mol. The largest absolute Gasteiger partial charge is 0.501 e. The van der Waals surface area contributed by atoms with Crippen molar-refractivity contribution < 1.29 is 24.5 Å². The number of nitrogens with zero attached hydrogens (tertiary/aromatic N) is 2. The molecule has 1 aromatic carbocycles. The van der Waals surface area contributed by atoms with E-state index in [0.717, 1.165) is 6.33 Å². The van der Waals surface area contributed by atoms with Crippen LogP contribution in [-0.4, -0.2) is 40.3 Å². The molecule has 1 amide bonds. The summed E-state index contributed by atoms with van der Waals surface area (Å²) in [6.07, 6.45) is 0.982. The molecule has 2 rings (SSSR count). The Morgan fingerprint density at radius 1 is 1.23 bits per heavy atom. The second-order valence-electron chi connectivity index (χ2n) is 4.23. The maximum Gasteiger partial charge on any atom is 0.274 e. The number of carbonyl (C=O) groups is 1. The van der Waals surface area contributed by atoms with Crippen molar-refractivity contribution in [2.75, 3.05) is 14.2 Å². The number of ether oxygens (including phenoxy) is 2. The molecule has 0 aliphatic rings. The first kappa shape index (κ1) is 15.4. The molecule has 0 atom stereocenters. The lowest BCUT2D eigenvalue weighted by atomic mass is 10.2. The molecular formula is C14H15N3O5. The van der Waals surface area contributed by atoms with Crippen molar-refractivity contribution in [2.24, 2.45) is 0 Å². The minimum absolute atomic E-state index is 0.128. The second kappa shape index (κ2) is 6.61. The molecule has 3 N–H and O–H groups in total. The summed E-state index contributed by atoms with van der Waals surface area (Å²) in [6, 6.07) is 5.26. The Kier molecular flexibility index (Phi) is 4.62. The van der Waals surface area contributed by atoms with Crippen LogP contribution < -0.4 is 14.8 Å². The molecule has 0 saturated heterocycles. The third-order valence-electron chi connectivity index (χ3n) is 2.94. The molecule has 22 heavy (non-hydrogen) atoms. The number of hydrogen-bond donors (Lipinski definition) is 3. The molecule has 8 nitrogen and oxygen atoms in total. The number of nitrogens with one attached hydrogen (secondary N) is 1. The monoisotopic (exact) mass is 305 g/mol. The molecule has 0 bridgehead atoms. The summed E-state index contributed by atoms with van der Waals surface area (Å²) in [5, 5.41) is 21.4. The Balaban J connectivity index is 2.16. The Hall–Kier alpha value is -3.03. The Bertz CT molecular complexity index is 690. The molecule has 0 radical (unpaired) electrons. The summed E-state index contributed by atoms with van der Waals surface area (Å²) < 4.78 is 10.4. The van der Waals surface area contributed by atoms with Crippen molar-refractivity contribution in [3.05, 3.63) is 35.8 Å². The van der Waals surface area contributed by atoms with Gasteiger partial charge in [0.05, 0.1) is 14.2 Å². The number of rotatable bonds is 5. The van der Waals surface area contributed by atoms with Crippen molar-refractivity contribution in [2.45, 2.75) is 6.54 Å². The predicted molar refractivity (Wildman–Crippen MR) is 76.1 cm³/mol. The summed E-state index contributed by atoms with van der Waals surface area (Å²) >= 11 is 0. The van der Waals surface area contributed by atoms with Crippen LogP contribution in [0.4, 0.5) is 0 Å². The summed E-state index contributed by atoms with van der Waals surface area (Å²) in [6.45, 7) is 0.128. The third kappa shape index (κ3) is 3.00. The zero-order valence-electron chi connectivity index (χ0n) is 12.0. The minimum atomic E-state index is -0.669. The van der Waals surface area contributed by atoms with Crippen molar-refractivity contribution in [3.63, 3.8) is 0 Å². The first-order valence-corrected chi connectivity index (χ1v) is 6.29. The maximum atomic E-state index is 12.0. The van der Waals surface area contributed by atoms with Crippen LogP contribution in [0.25, 0.3) is 0 Å². The van der Waals surface area contributed by atoms with Crippen LogP contribution in [0.15, 0.2) is 24.5 Å². The Morgan fingerprint density at radius 2 is 2.00 bits per heavy atom. The molecule has 0 spiro atoms. The fourth-order valence-electron chi connectivity index (χ4n) is 1.89. The predicted octanol–water partition coefficient (Wildman–Crippen LogP) is 0.835. The van der Waals surface area contributed by atoms with Crippen LogP contribution in [0.1, 0.15) is 16.1 Å². The Labute approximate surface area is 126 Å². The molecule has 0 aliphatic carbocycles. The normalized spacial score (nSPS) is 10.1. The van der Waals surface area contributed by atoms with Crippen LogP contribution in [0.3, 0.4) is 0 Å². The molecule has 2 aromatic rings. The van der Waals surface area contributed by atoms with Crippen LogP contribution in [0, 0.1) is 0 Å². The molecule has 1 heterocycles. The molecule has 0 fully saturated rings. The second-order valence-corrected chi connectivity index (χ2v) is 4.23. The topological polar surface area (TPSA) is 114 Å². The molecule has 1 aromatic heterocycles. The highest BCUT2D eigenvalue weighted by molar-refractivity contribution is 5.95. The fourth-order valence-corrected chi connectivity index (χ4v) is 1.89. The SMILES string of the molecule is COc1cccc(CNC(=O)c2ncnc(O)c2O)c1OC. The van der Waals surface area contributed by atoms with E-state index in [4.69, 9.17) is 9.47 Å². The molecule has 0 unspecified atom stereocenters. The number of carbonyl (C=O) groups excluding carboxylic acids is 1. The van der Waals surface area contributed by atoms with E-state index < -0.39 is 17.5 Å². The highest BCUT2D eigenvalue weighted by atomic mass is 16.5. The lowest BCUT2D eigenvalue weighted by molar-refractivity contribution is 0.0941. The molecular weight excluding hydrogens is 290 g/mol. The summed E-state index contributed by atoms with van der Waals surface area (Å²) in [5.41, 5.74) is 0.377. The third-order valence-corrected chi connectivity index (χ3v) is 2.94. The number of benzene rings is 1. The number of aromatic hydroxyl groups is 2. The van der Waals surface area contributed by atoms with E-state index in [1.165, 1.54) is 14.2 Å². The van der Waals surface area contributed by atoms with Gasteiger partial charge < -0.3 is 25.0 Å². The lowest BCUT2D eigenvalue weighted by Crippen LogP contribution is -2.24. The smallest absolute Gasteiger partial charge is 0.274 e. The van der Waals surface area contributed by atoms with Gasteiger partial charge in [0.15, 0.2) is 17.2 Å². The number of para-hydroxylation sites is 1. The standard InChI is InChI=1S/C14H15N3O5/c1-21-9-5-3-4-8(12(9)22-2)6-15-13(19)10-11(18)14(20)17-7-16-10/h3-5,7,18H,6H2,1-2H3,(H,15,19)(H,16,17,20). The van der Waals surface area contributed by atoms with E-state index in [1.54, 1.807) is 18.2 Å². The van der Waals surface area contributed by atoms with Gasteiger partial charge in [-0.2, -0.15) is 4.98 Å². The summed E-state index contributed by atoms with van der Waals surface area (Å²) in [4.78, 5) is 19.0. The van der Waals surface area contributed by atoms with Gasteiger partial charge in [0.25, 0.3) is 11.8 Å². The van der Waals surface area contributed by atoms with Crippen molar-refractivity contribution in [1.29, 1.82) is 0 Å².